The fourth-order valence-electron chi connectivity index (χ4n) is 9.71. The molecule has 1 fully saturated rings. The maximum Gasteiger partial charge on any atom is 0.397 e. The molecule has 432 valence electrons. The zero-order valence-electron chi connectivity index (χ0n) is 47.0. The maximum atomic E-state index is 13.0. The van der Waals surface area contributed by atoms with Crippen molar-refractivity contribution in [3.8, 4) is 0 Å². The van der Waals surface area contributed by atoms with Crippen LogP contribution in [0, 0.1) is 0 Å². The Morgan fingerprint density at radius 1 is 0.521 bits per heavy atom. The first-order chi connectivity index (χ1) is 35.6. The van der Waals surface area contributed by atoms with Gasteiger partial charge >= 0.3 is 16.4 Å². The third-order valence-corrected chi connectivity index (χ3v) is 14.8. The molecule has 6 unspecified atom stereocenters. The number of carbonyl (C=O) groups is 1. The summed E-state index contributed by atoms with van der Waals surface area (Å²) in [6.45, 7) is 4.04. The van der Waals surface area contributed by atoms with Crippen molar-refractivity contribution < 1.29 is 56.2 Å². The van der Waals surface area contributed by atoms with Crippen molar-refractivity contribution in [1.82, 2.24) is 0 Å². The zero-order chi connectivity index (χ0) is 53.1. The Bertz CT molecular complexity index is 1360. The summed E-state index contributed by atoms with van der Waals surface area (Å²) >= 11 is 0. The van der Waals surface area contributed by atoms with Gasteiger partial charge in [0.2, 0.25) is 0 Å². The fraction of sp³-hybridized carbons (Fsp3) is 0.917. The molecule has 1 heterocycles. The maximum absolute atomic E-state index is 13.0. The molecule has 1 aliphatic heterocycles. The van der Waals surface area contributed by atoms with Gasteiger partial charge in [-0.3, -0.25) is 9.35 Å². The van der Waals surface area contributed by atoms with E-state index >= 15 is 0 Å². The van der Waals surface area contributed by atoms with Crippen molar-refractivity contribution in [1.29, 1.82) is 0 Å². The average molecular weight is 1060 g/mol. The molecule has 1 rings (SSSR count). The summed E-state index contributed by atoms with van der Waals surface area (Å²) in [5.41, 5.74) is 0. The number of aliphatic hydroxyl groups is 3. The van der Waals surface area contributed by atoms with E-state index in [0.29, 0.717) is 13.0 Å². The van der Waals surface area contributed by atoms with E-state index in [9.17, 15) is 33.1 Å². The molecule has 1 aliphatic rings. The van der Waals surface area contributed by atoms with Crippen LogP contribution in [0.15, 0.2) is 24.3 Å². The molecule has 73 heavy (non-hydrogen) atoms. The van der Waals surface area contributed by atoms with Gasteiger partial charge in [-0.2, -0.15) is 8.42 Å². The monoisotopic (exact) mass is 1060 g/mol. The molecule has 0 aromatic rings. The quantitative estimate of drug-likeness (QED) is 0.0196. The van der Waals surface area contributed by atoms with Crippen LogP contribution >= 0.6 is 0 Å². The van der Waals surface area contributed by atoms with Crippen LogP contribution < -0.4 is 0 Å². The van der Waals surface area contributed by atoms with Crippen molar-refractivity contribution in [3.05, 3.63) is 24.3 Å². The van der Waals surface area contributed by atoms with E-state index in [1.165, 1.54) is 218 Å². The second-order valence-corrected chi connectivity index (χ2v) is 22.4. The minimum absolute atomic E-state index is 0.0388. The number of hydrogen-bond acceptors (Lipinski definition) is 11. The lowest BCUT2D eigenvalue weighted by Crippen LogP contribution is -2.60. The normalized spacial score (nSPS) is 18.9. The molecule has 0 amide bonds. The smallest absolute Gasteiger partial charge is 0.397 e. The van der Waals surface area contributed by atoms with Gasteiger partial charge in [0.1, 0.15) is 30.5 Å². The first-order valence-electron chi connectivity index (χ1n) is 30.6. The van der Waals surface area contributed by atoms with Crippen molar-refractivity contribution in [3.63, 3.8) is 0 Å². The third-order valence-electron chi connectivity index (χ3n) is 14.3. The van der Waals surface area contributed by atoms with E-state index < -0.39 is 59.8 Å². The lowest BCUT2D eigenvalue weighted by molar-refractivity contribution is -0.301. The number of esters is 1. The van der Waals surface area contributed by atoms with Crippen molar-refractivity contribution in [2.45, 2.75) is 327 Å². The molecule has 0 aliphatic carbocycles. The van der Waals surface area contributed by atoms with E-state index in [1.54, 1.807) is 0 Å². The Balaban J connectivity index is 2.26. The average Bonchev–Trinajstić information content (AvgIpc) is 3.37. The molecule has 0 spiro atoms. The Hall–Kier alpha value is -1.42. The van der Waals surface area contributed by atoms with Gasteiger partial charge in [-0.05, 0) is 44.9 Å². The highest BCUT2D eigenvalue weighted by Gasteiger charge is 2.48. The van der Waals surface area contributed by atoms with Gasteiger partial charge in [-0.1, -0.05) is 263 Å². The fourth-order valence-corrected chi connectivity index (χ4v) is 10.2. The number of allylic oxidation sites excluding steroid dienone is 4. The Labute approximate surface area is 448 Å². The SMILES string of the molecule is CCCCCCC/C=C\C/C=C\CCCCCCCCCCCCOCC(COC1OC(CO)C(O)C(OS(=O)(=O)O)C1O)OC(=O)CCCCCCCCCCCCCCCCCCCCCCCCCC. The van der Waals surface area contributed by atoms with Gasteiger partial charge < -0.3 is 34.3 Å². The van der Waals surface area contributed by atoms with E-state index in [2.05, 4.69) is 42.3 Å². The van der Waals surface area contributed by atoms with Gasteiger partial charge in [-0.25, -0.2) is 4.18 Å². The molecule has 0 bridgehead atoms. The zero-order valence-corrected chi connectivity index (χ0v) is 47.8. The predicted octanol–water partition coefficient (Wildman–Crippen LogP) is 15.5. The predicted molar refractivity (Wildman–Crippen MR) is 299 cm³/mol. The second-order valence-electron chi connectivity index (χ2n) is 21.3. The Kier molecular flexibility index (Phi) is 48.9. The van der Waals surface area contributed by atoms with Gasteiger partial charge in [0.25, 0.3) is 0 Å². The van der Waals surface area contributed by atoms with E-state index in [-0.39, 0.29) is 19.6 Å². The third kappa shape index (κ3) is 44.3. The summed E-state index contributed by atoms with van der Waals surface area (Å²) in [7, 11) is -5.07. The highest BCUT2D eigenvalue weighted by Crippen LogP contribution is 2.26. The largest absolute Gasteiger partial charge is 0.457 e. The van der Waals surface area contributed by atoms with Gasteiger partial charge in [-0.15, -0.1) is 0 Å². The summed E-state index contributed by atoms with van der Waals surface area (Å²) in [6, 6.07) is 0. The molecule has 0 radical (unpaired) electrons. The van der Waals surface area contributed by atoms with Gasteiger partial charge in [0, 0.05) is 13.0 Å². The van der Waals surface area contributed by atoms with Crippen LogP contribution in [0.1, 0.15) is 290 Å². The van der Waals surface area contributed by atoms with E-state index in [4.69, 9.17) is 18.9 Å². The van der Waals surface area contributed by atoms with Crippen molar-refractivity contribution in [2.75, 3.05) is 26.4 Å². The molecule has 12 nitrogen and oxygen atoms in total. The number of unbranched alkanes of at least 4 members (excludes halogenated alkanes) is 38. The first kappa shape index (κ1) is 69.6. The number of rotatable bonds is 55. The molecule has 13 heteroatoms. The highest BCUT2D eigenvalue weighted by atomic mass is 32.3. The van der Waals surface area contributed by atoms with Crippen LogP contribution in [0.2, 0.25) is 0 Å². The van der Waals surface area contributed by atoms with Gasteiger partial charge in [0.15, 0.2) is 6.29 Å². The lowest BCUT2D eigenvalue weighted by Gasteiger charge is -2.41. The minimum Gasteiger partial charge on any atom is -0.457 e. The Morgan fingerprint density at radius 2 is 0.904 bits per heavy atom. The van der Waals surface area contributed by atoms with E-state index in [1.807, 2.05) is 0 Å². The molecule has 6 atom stereocenters. The molecule has 0 aromatic carbocycles. The van der Waals surface area contributed by atoms with Crippen LogP contribution in [-0.2, 0) is 38.3 Å². The van der Waals surface area contributed by atoms with Crippen LogP contribution in [0.25, 0.3) is 0 Å². The number of aliphatic hydroxyl groups excluding tert-OH is 3. The minimum atomic E-state index is -5.07. The summed E-state index contributed by atoms with van der Waals surface area (Å²) < 4.78 is 59.5. The number of carbonyl (C=O) groups excluding carboxylic acids is 1. The molecule has 1 saturated heterocycles. The molecule has 0 aromatic heterocycles. The van der Waals surface area contributed by atoms with Gasteiger partial charge in [0.05, 0.1) is 19.8 Å². The summed E-state index contributed by atoms with van der Waals surface area (Å²) in [5.74, 6) is -0.392. The molecule has 0 saturated carbocycles. The Morgan fingerprint density at radius 3 is 1.30 bits per heavy atom. The number of hydrogen-bond donors (Lipinski definition) is 4. The van der Waals surface area contributed by atoms with Crippen molar-refractivity contribution >= 4 is 16.4 Å². The van der Waals surface area contributed by atoms with Crippen molar-refractivity contribution in [2.24, 2.45) is 0 Å². The standard InChI is InChI=1S/C60H114O12S/c1-3-5-7-9-11-13-15-17-19-21-23-25-27-28-29-31-33-35-37-39-41-43-45-47-49-56(62)70-54(53-69-60-58(64)59(72-73(65,66)67)57(63)55(51-61)71-60)52-68-50-48-46-44-42-40-38-36-34-32-30-26-24-22-20-18-16-14-12-10-8-6-4-2/h16,18,22,24,54-55,57-61,63-64H,3-15,17,19-21,23,25-53H2,1-2H3,(H,65,66,67)/b18-16-,24-22-. The second kappa shape index (κ2) is 51.3. The van der Waals surface area contributed by atoms with Crippen LogP contribution in [0.3, 0.4) is 0 Å². The van der Waals surface area contributed by atoms with Crippen LogP contribution in [0.5, 0.6) is 0 Å². The topological polar surface area (TPSA) is 178 Å². The van der Waals surface area contributed by atoms with E-state index in [0.717, 1.165) is 44.9 Å². The lowest BCUT2D eigenvalue weighted by atomic mass is 9.99. The highest BCUT2D eigenvalue weighted by molar-refractivity contribution is 7.80. The molecular formula is C60H114O12S. The first-order valence-corrected chi connectivity index (χ1v) is 32.0. The van der Waals surface area contributed by atoms with Crippen LogP contribution in [0.4, 0.5) is 0 Å². The molecule has 4 N–H and O–H groups in total. The number of ether oxygens (including phenoxy) is 4. The van der Waals surface area contributed by atoms with Crippen LogP contribution in [-0.4, -0.2) is 97.5 Å². The molecular weight excluding hydrogens is 945 g/mol. The summed E-state index contributed by atoms with van der Waals surface area (Å²) in [4.78, 5) is 13.0. The summed E-state index contributed by atoms with van der Waals surface area (Å²) in [5, 5.41) is 30.9. The summed E-state index contributed by atoms with van der Waals surface area (Å²) in [6.07, 6.45) is 53.6.